The fourth-order valence-electron chi connectivity index (χ4n) is 4.40. The van der Waals surface area contributed by atoms with Crippen LogP contribution in [0.4, 0.5) is 4.79 Å². The molecule has 5 heteroatoms. The van der Waals surface area contributed by atoms with Crippen LogP contribution in [0.5, 0.6) is 5.75 Å². The minimum Gasteiger partial charge on any atom is -0.494 e. The normalized spacial score (nSPS) is 29.7. The molecule has 1 aliphatic carbocycles. The highest BCUT2D eigenvalue weighted by Gasteiger charge is 2.51. The molecule has 1 amide bonds. The number of para-hydroxylation sites is 1. The van der Waals surface area contributed by atoms with Crippen LogP contribution in [-0.4, -0.2) is 42.0 Å². The Bertz CT molecular complexity index is 590. The summed E-state index contributed by atoms with van der Waals surface area (Å²) < 4.78 is 10.8. The predicted molar refractivity (Wildman–Crippen MR) is 91.0 cm³/mol. The zero-order valence-electron chi connectivity index (χ0n) is 14.5. The molecule has 2 fully saturated rings. The SMILES string of the molecule is CCOc1ccccc1[C@H]1[C@H]2CCCC[C@@]2(O)CCN1C(=O)OC. The summed E-state index contributed by atoms with van der Waals surface area (Å²) in [6.45, 7) is 3.02. The molecule has 1 aromatic rings. The number of methoxy groups -OCH3 is 1. The minimum atomic E-state index is -0.702. The van der Waals surface area contributed by atoms with Crippen molar-refractivity contribution in [2.75, 3.05) is 20.3 Å². The Morgan fingerprint density at radius 3 is 2.88 bits per heavy atom. The molecule has 0 radical (unpaired) electrons. The van der Waals surface area contributed by atoms with Gasteiger partial charge in [0, 0.05) is 18.0 Å². The summed E-state index contributed by atoms with van der Waals surface area (Å²) in [5.41, 5.74) is 0.266. The van der Waals surface area contributed by atoms with Gasteiger partial charge >= 0.3 is 6.09 Å². The first-order valence-electron chi connectivity index (χ1n) is 8.89. The average Bonchev–Trinajstić information content (AvgIpc) is 2.60. The summed E-state index contributed by atoms with van der Waals surface area (Å²) in [5.74, 6) is 0.800. The van der Waals surface area contributed by atoms with E-state index in [2.05, 4.69) is 0 Å². The molecule has 1 N–H and O–H groups in total. The summed E-state index contributed by atoms with van der Waals surface area (Å²) in [5, 5.41) is 11.2. The number of ether oxygens (including phenoxy) is 2. The van der Waals surface area contributed by atoms with E-state index in [0.29, 0.717) is 19.6 Å². The molecule has 1 aliphatic heterocycles. The van der Waals surface area contributed by atoms with Crippen LogP contribution < -0.4 is 4.74 Å². The number of aliphatic hydroxyl groups is 1. The van der Waals surface area contributed by atoms with Crippen molar-refractivity contribution in [1.29, 1.82) is 0 Å². The Balaban J connectivity index is 2.05. The summed E-state index contributed by atoms with van der Waals surface area (Å²) in [4.78, 5) is 14.1. The van der Waals surface area contributed by atoms with Gasteiger partial charge in [0.1, 0.15) is 5.75 Å². The molecule has 1 aromatic carbocycles. The smallest absolute Gasteiger partial charge is 0.410 e. The van der Waals surface area contributed by atoms with Crippen LogP contribution in [0.3, 0.4) is 0 Å². The summed E-state index contributed by atoms with van der Waals surface area (Å²) >= 11 is 0. The van der Waals surface area contributed by atoms with Crippen LogP contribution in [-0.2, 0) is 4.74 Å². The third kappa shape index (κ3) is 2.97. The van der Waals surface area contributed by atoms with Gasteiger partial charge in [0.15, 0.2) is 0 Å². The number of likely N-dealkylation sites (tertiary alicyclic amines) is 1. The van der Waals surface area contributed by atoms with Gasteiger partial charge in [0.05, 0.1) is 25.4 Å². The molecule has 1 saturated carbocycles. The van der Waals surface area contributed by atoms with E-state index < -0.39 is 5.60 Å². The zero-order valence-corrected chi connectivity index (χ0v) is 14.5. The van der Waals surface area contributed by atoms with Crippen LogP contribution in [0, 0.1) is 5.92 Å². The number of carbonyl (C=O) groups is 1. The Hall–Kier alpha value is -1.75. The van der Waals surface area contributed by atoms with Gasteiger partial charge in [0.2, 0.25) is 0 Å². The molecular weight excluding hydrogens is 306 g/mol. The fourth-order valence-corrected chi connectivity index (χ4v) is 4.40. The molecule has 1 heterocycles. The molecule has 0 bridgehead atoms. The quantitative estimate of drug-likeness (QED) is 0.919. The fraction of sp³-hybridized carbons (Fsp3) is 0.632. The van der Waals surface area contributed by atoms with Gasteiger partial charge in [0.25, 0.3) is 0 Å². The monoisotopic (exact) mass is 333 g/mol. The lowest BCUT2D eigenvalue weighted by Crippen LogP contribution is -2.56. The second-order valence-electron chi connectivity index (χ2n) is 6.78. The number of hydrogen-bond acceptors (Lipinski definition) is 4. The number of benzene rings is 1. The Morgan fingerprint density at radius 1 is 1.33 bits per heavy atom. The molecule has 0 aromatic heterocycles. The predicted octanol–water partition coefficient (Wildman–Crippen LogP) is 3.52. The first-order valence-corrected chi connectivity index (χ1v) is 8.89. The number of nitrogens with zero attached hydrogens (tertiary/aromatic N) is 1. The van der Waals surface area contributed by atoms with Gasteiger partial charge < -0.3 is 19.5 Å². The van der Waals surface area contributed by atoms with Gasteiger partial charge in [-0.3, -0.25) is 0 Å². The second-order valence-corrected chi connectivity index (χ2v) is 6.78. The first-order chi connectivity index (χ1) is 11.6. The zero-order chi connectivity index (χ0) is 17.2. The third-order valence-corrected chi connectivity index (χ3v) is 5.51. The molecule has 0 unspecified atom stereocenters. The van der Waals surface area contributed by atoms with Gasteiger partial charge in [-0.25, -0.2) is 4.79 Å². The number of piperidine rings is 1. The Kier molecular flexibility index (Phi) is 4.99. The number of hydrogen-bond donors (Lipinski definition) is 1. The summed E-state index contributed by atoms with van der Waals surface area (Å²) in [7, 11) is 1.41. The maximum absolute atomic E-state index is 12.4. The maximum atomic E-state index is 12.4. The van der Waals surface area contributed by atoms with Crippen molar-refractivity contribution in [3.63, 3.8) is 0 Å². The van der Waals surface area contributed by atoms with Gasteiger partial charge in [-0.1, -0.05) is 31.0 Å². The lowest BCUT2D eigenvalue weighted by molar-refractivity contribution is -0.118. The van der Waals surface area contributed by atoms with E-state index in [9.17, 15) is 9.90 Å². The van der Waals surface area contributed by atoms with E-state index in [1.807, 2.05) is 31.2 Å². The molecule has 2 aliphatic rings. The van der Waals surface area contributed by atoms with E-state index in [1.54, 1.807) is 4.90 Å². The minimum absolute atomic E-state index is 0.0145. The van der Waals surface area contributed by atoms with Crippen molar-refractivity contribution < 1.29 is 19.4 Å². The lowest BCUT2D eigenvalue weighted by atomic mass is 9.66. The number of carbonyl (C=O) groups excluding carboxylic acids is 1. The molecule has 1 saturated heterocycles. The van der Waals surface area contributed by atoms with Crippen molar-refractivity contribution in [3.05, 3.63) is 29.8 Å². The van der Waals surface area contributed by atoms with Crippen LogP contribution in [0.2, 0.25) is 0 Å². The standard InChI is InChI=1S/C19H27NO4/c1-3-24-16-10-5-4-8-14(16)17-15-9-6-7-11-19(15,22)12-13-20(17)18(21)23-2/h4-5,8,10,15,17,22H,3,6-7,9,11-13H2,1-2H3/t15-,17+,19-/m1/s1. The van der Waals surface area contributed by atoms with Gasteiger partial charge in [-0.2, -0.15) is 0 Å². The Morgan fingerprint density at radius 2 is 2.12 bits per heavy atom. The maximum Gasteiger partial charge on any atom is 0.410 e. The van der Waals surface area contributed by atoms with E-state index in [4.69, 9.17) is 9.47 Å². The van der Waals surface area contributed by atoms with Crippen molar-refractivity contribution in [3.8, 4) is 5.75 Å². The van der Waals surface area contributed by atoms with Crippen molar-refractivity contribution in [2.45, 2.75) is 50.7 Å². The van der Waals surface area contributed by atoms with E-state index in [-0.39, 0.29) is 18.1 Å². The van der Waals surface area contributed by atoms with E-state index in [0.717, 1.165) is 37.0 Å². The topological polar surface area (TPSA) is 59.0 Å². The number of amides is 1. The molecule has 132 valence electrons. The number of rotatable bonds is 3. The highest BCUT2D eigenvalue weighted by Crippen LogP contribution is 2.50. The van der Waals surface area contributed by atoms with Crippen LogP contribution in [0.15, 0.2) is 24.3 Å². The Labute approximate surface area is 143 Å². The van der Waals surface area contributed by atoms with Crippen LogP contribution in [0.25, 0.3) is 0 Å². The largest absolute Gasteiger partial charge is 0.494 e. The van der Waals surface area contributed by atoms with E-state index >= 15 is 0 Å². The summed E-state index contributed by atoms with van der Waals surface area (Å²) in [6.07, 6.45) is 4.12. The first kappa shape index (κ1) is 17.1. The highest BCUT2D eigenvalue weighted by molar-refractivity contribution is 5.69. The van der Waals surface area contributed by atoms with Gasteiger partial charge in [-0.15, -0.1) is 0 Å². The average molecular weight is 333 g/mol. The van der Waals surface area contributed by atoms with Crippen LogP contribution >= 0.6 is 0 Å². The highest BCUT2D eigenvalue weighted by atomic mass is 16.5. The lowest BCUT2D eigenvalue weighted by Gasteiger charge is -2.52. The molecule has 0 spiro atoms. The van der Waals surface area contributed by atoms with Gasteiger partial charge in [-0.05, 0) is 32.3 Å². The van der Waals surface area contributed by atoms with Crippen molar-refractivity contribution in [2.24, 2.45) is 5.92 Å². The number of fused-ring (bicyclic) bond motifs is 1. The second kappa shape index (κ2) is 7.01. The third-order valence-electron chi connectivity index (χ3n) is 5.51. The molecule has 3 atom stereocenters. The van der Waals surface area contributed by atoms with Crippen molar-refractivity contribution >= 4 is 6.09 Å². The molecular formula is C19H27NO4. The molecule has 5 nitrogen and oxygen atoms in total. The van der Waals surface area contributed by atoms with Crippen molar-refractivity contribution in [1.82, 2.24) is 4.90 Å². The van der Waals surface area contributed by atoms with E-state index in [1.165, 1.54) is 7.11 Å². The molecule has 24 heavy (non-hydrogen) atoms. The summed E-state index contributed by atoms with van der Waals surface area (Å²) in [6, 6.07) is 7.63. The van der Waals surface area contributed by atoms with Crippen LogP contribution in [0.1, 0.15) is 50.6 Å². The molecule has 3 rings (SSSR count).